The minimum Gasteiger partial charge on any atom is -0.366 e. The van der Waals surface area contributed by atoms with Crippen molar-refractivity contribution in [2.45, 2.75) is 30.8 Å². The molecule has 14 nitrogen and oxygen atoms in total. The predicted octanol–water partition coefficient (Wildman–Crippen LogP) is 1.50. The van der Waals surface area contributed by atoms with E-state index in [-0.39, 0.29) is 41.0 Å². The maximum atomic E-state index is 12.7. The highest BCUT2D eigenvalue weighted by Crippen LogP contribution is 2.45. The summed E-state index contributed by atoms with van der Waals surface area (Å²) in [6.45, 7) is 1.66. The lowest BCUT2D eigenvalue weighted by Crippen LogP contribution is -2.60. The maximum absolute atomic E-state index is 12.7. The monoisotopic (exact) mass is 641 g/mol. The summed E-state index contributed by atoms with van der Waals surface area (Å²) in [4.78, 5) is 45.7. The van der Waals surface area contributed by atoms with Crippen molar-refractivity contribution in [2.75, 3.05) is 49.8 Å². The fraction of sp³-hybridized carbons (Fsp3) is 0.344. The number of pyridine rings is 1. The number of nitrogens with one attached hydrogen (secondary N) is 4. The molecule has 4 aromatic rings. The molecule has 16 heteroatoms. The Morgan fingerprint density at radius 3 is 2.42 bits per heavy atom. The van der Waals surface area contributed by atoms with Gasteiger partial charge in [-0.3, -0.25) is 19.1 Å². The molecular formula is C32H33B2N11O3. The third-order valence-corrected chi connectivity index (χ3v) is 9.05. The van der Waals surface area contributed by atoms with Gasteiger partial charge in [-0.05, 0) is 36.4 Å². The Hall–Kier alpha value is -5.24. The van der Waals surface area contributed by atoms with Crippen molar-refractivity contribution in [3.8, 4) is 11.1 Å². The topological polar surface area (TPSA) is 162 Å². The van der Waals surface area contributed by atoms with Gasteiger partial charge in [-0.15, -0.1) is 10.2 Å². The van der Waals surface area contributed by atoms with Gasteiger partial charge in [0.15, 0.2) is 11.5 Å². The van der Waals surface area contributed by atoms with Crippen LogP contribution < -0.4 is 26.2 Å². The summed E-state index contributed by atoms with van der Waals surface area (Å²) in [6, 6.07) is 12.6. The second kappa shape index (κ2) is 12.1. The van der Waals surface area contributed by atoms with E-state index in [0.717, 1.165) is 41.0 Å². The maximum Gasteiger partial charge on any atom is 0.273 e. The second-order valence-corrected chi connectivity index (χ2v) is 12.3. The molecule has 5 heterocycles. The van der Waals surface area contributed by atoms with Gasteiger partial charge in [-0.25, -0.2) is 4.98 Å². The van der Waals surface area contributed by atoms with Crippen LogP contribution in [0.15, 0.2) is 48.7 Å². The number of fused-ring (bicyclic) bond motifs is 3. The molecule has 4 radical (unpaired) electrons. The van der Waals surface area contributed by atoms with Crippen LogP contribution in [0, 0.1) is 5.92 Å². The van der Waals surface area contributed by atoms with Crippen molar-refractivity contribution >= 4 is 56.3 Å². The van der Waals surface area contributed by atoms with E-state index in [1.165, 1.54) is 7.05 Å². The quantitative estimate of drug-likeness (QED) is 0.197. The van der Waals surface area contributed by atoms with E-state index in [9.17, 15) is 14.4 Å². The van der Waals surface area contributed by atoms with Crippen molar-refractivity contribution in [1.82, 2.24) is 40.5 Å². The lowest BCUT2D eigenvalue weighted by atomic mass is 9.57. The highest BCUT2D eigenvalue weighted by atomic mass is 16.2. The van der Waals surface area contributed by atoms with Crippen molar-refractivity contribution in [2.24, 2.45) is 5.92 Å². The first kappa shape index (κ1) is 31.4. The molecule has 240 valence electrons. The number of aromatic nitrogens is 5. The molecule has 3 aromatic heterocycles. The van der Waals surface area contributed by atoms with Crippen molar-refractivity contribution in [3.63, 3.8) is 0 Å². The molecule has 2 fully saturated rings. The molecule has 48 heavy (non-hydrogen) atoms. The van der Waals surface area contributed by atoms with Crippen LogP contribution in [0.2, 0.25) is 0 Å². The van der Waals surface area contributed by atoms with E-state index < -0.39 is 11.2 Å². The number of hydrogen-bond acceptors (Lipinski definition) is 10. The Morgan fingerprint density at radius 1 is 0.938 bits per heavy atom. The second-order valence-electron chi connectivity index (χ2n) is 12.3. The van der Waals surface area contributed by atoms with Crippen LogP contribution in [-0.2, 0) is 16.7 Å². The van der Waals surface area contributed by atoms with Gasteiger partial charge in [0.2, 0.25) is 5.91 Å². The molecule has 4 N–H and O–H groups in total. The van der Waals surface area contributed by atoms with Crippen LogP contribution in [0.5, 0.6) is 0 Å². The van der Waals surface area contributed by atoms with E-state index in [2.05, 4.69) is 41.3 Å². The van der Waals surface area contributed by atoms with E-state index in [1.807, 2.05) is 41.0 Å². The van der Waals surface area contributed by atoms with E-state index >= 15 is 0 Å². The first-order valence-corrected chi connectivity index (χ1v) is 15.7. The van der Waals surface area contributed by atoms with E-state index in [1.54, 1.807) is 31.3 Å². The molecule has 7 rings (SSSR count). The number of amides is 3. The van der Waals surface area contributed by atoms with Crippen molar-refractivity contribution in [1.29, 1.82) is 0 Å². The summed E-state index contributed by atoms with van der Waals surface area (Å²) in [5, 5.41) is 23.0. The molecule has 1 saturated heterocycles. The largest absolute Gasteiger partial charge is 0.366 e. The Balaban J connectivity index is 1.13. The number of nitrogens with zero attached hydrogens (tertiary/aromatic N) is 7. The standard InChI is InChI=1S/C32H33B2N11O3/c1-35-30(47)22-8-5-9-25(39-22)32(33,34)44-14-18(15-44)45-24-16-43(3)28-19(20(24)13-37-45)6-4-7-21(28)38-23-12-26(40-29(46)17-10-11-17)41-42-27(23)31(48)36-2/h4-9,12-13,17-18H,10-11,14-16H2,1-3H3,(H,35,47)(H,36,48)(H2,38,40,41,46). The molecule has 3 amide bonds. The zero-order chi connectivity index (χ0) is 33.7. The summed E-state index contributed by atoms with van der Waals surface area (Å²) in [6.07, 6.45) is 3.58. The highest BCUT2D eigenvalue weighted by Gasteiger charge is 2.41. The number of anilines is 4. The molecule has 1 aromatic carbocycles. The number of likely N-dealkylation sites (tertiary alicyclic amines) is 1. The third kappa shape index (κ3) is 5.55. The van der Waals surface area contributed by atoms with Gasteiger partial charge in [0, 0.05) is 63.0 Å². The molecule has 2 aliphatic heterocycles. The molecular weight excluding hydrogens is 608 g/mol. The Bertz CT molecular complexity index is 1940. The number of rotatable bonds is 9. The fourth-order valence-electron chi connectivity index (χ4n) is 6.20. The minimum atomic E-state index is -1.37. The number of hydrogen-bond donors (Lipinski definition) is 4. The van der Waals surface area contributed by atoms with Crippen LogP contribution in [0.4, 0.5) is 22.9 Å². The number of benzene rings is 1. The Morgan fingerprint density at radius 2 is 1.69 bits per heavy atom. The van der Waals surface area contributed by atoms with Crippen LogP contribution in [0.3, 0.4) is 0 Å². The summed E-state index contributed by atoms with van der Waals surface area (Å²) in [5.74, 6) is -0.560. The lowest BCUT2D eigenvalue weighted by Gasteiger charge is -2.50. The summed E-state index contributed by atoms with van der Waals surface area (Å²) in [5.41, 5.74) is 5.86. The van der Waals surface area contributed by atoms with E-state index in [4.69, 9.17) is 20.8 Å². The van der Waals surface area contributed by atoms with Crippen LogP contribution in [-0.4, -0.2) is 97.5 Å². The molecule has 0 bridgehead atoms. The SMILES string of the molecule is [B]C([B])(c1cccc(C(=O)NC)n1)N1CC(n2ncc3c2CN(C)c2c(Nc4cc(NC(=O)C5CC5)nnc4C(=O)NC)cccc2-3)C1. The molecule has 3 aliphatic rings. The smallest absolute Gasteiger partial charge is 0.273 e. The van der Waals surface area contributed by atoms with Crippen molar-refractivity contribution in [3.05, 3.63) is 71.4 Å². The first-order chi connectivity index (χ1) is 23.1. The van der Waals surface area contributed by atoms with Gasteiger partial charge in [-0.1, -0.05) is 18.2 Å². The Kier molecular flexibility index (Phi) is 7.90. The third-order valence-electron chi connectivity index (χ3n) is 9.05. The molecule has 0 atom stereocenters. The summed E-state index contributed by atoms with van der Waals surface area (Å²) < 4.78 is 2.03. The number of para-hydroxylation sites is 1. The van der Waals surface area contributed by atoms with E-state index in [0.29, 0.717) is 31.0 Å². The Labute approximate surface area is 279 Å². The fourth-order valence-corrected chi connectivity index (χ4v) is 6.20. The zero-order valence-electron chi connectivity index (χ0n) is 26.8. The average molecular weight is 641 g/mol. The van der Waals surface area contributed by atoms with Gasteiger partial charge in [-0.2, -0.15) is 5.10 Å². The zero-order valence-corrected chi connectivity index (χ0v) is 26.8. The van der Waals surface area contributed by atoms with Gasteiger partial charge in [0.1, 0.15) is 5.69 Å². The average Bonchev–Trinajstić information content (AvgIpc) is 3.84. The van der Waals surface area contributed by atoms with Crippen LogP contribution >= 0.6 is 0 Å². The minimum absolute atomic E-state index is 0.00718. The van der Waals surface area contributed by atoms with Gasteiger partial charge < -0.3 is 31.1 Å². The van der Waals surface area contributed by atoms with Gasteiger partial charge >= 0.3 is 0 Å². The molecule has 0 spiro atoms. The number of carbonyl (C=O) groups is 3. The van der Waals surface area contributed by atoms with Crippen molar-refractivity contribution < 1.29 is 14.4 Å². The predicted molar refractivity (Wildman–Crippen MR) is 181 cm³/mol. The van der Waals surface area contributed by atoms with Crippen LogP contribution in [0.1, 0.15) is 51.2 Å². The molecule has 0 unspecified atom stereocenters. The highest BCUT2D eigenvalue weighted by molar-refractivity contribution is 6.39. The van der Waals surface area contributed by atoms with Crippen LogP contribution in [0.25, 0.3) is 11.1 Å². The first-order valence-electron chi connectivity index (χ1n) is 15.7. The lowest BCUT2D eigenvalue weighted by molar-refractivity contribution is -0.117. The number of carbonyl (C=O) groups excluding carboxylic acids is 3. The van der Waals surface area contributed by atoms with Gasteiger partial charge in [0.05, 0.1) is 57.2 Å². The normalized spacial score (nSPS) is 15.9. The van der Waals surface area contributed by atoms with Gasteiger partial charge in [0.25, 0.3) is 11.8 Å². The molecule has 1 aliphatic carbocycles. The molecule has 1 saturated carbocycles. The summed E-state index contributed by atoms with van der Waals surface area (Å²) in [7, 11) is 18.2. The summed E-state index contributed by atoms with van der Waals surface area (Å²) >= 11 is 0.